The summed E-state index contributed by atoms with van der Waals surface area (Å²) in [6, 6.07) is 26.8. The van der Waals surface area contributed by atoms with Gasteiger partial charge in [0, 0.05) is 30.9 Å². The van der Waals surface area contributed by atoms with Crippen molar-refractivity contribution in [2.45, 2.75) is 87.2 Å². The number of fused-ring (bicyclic) bond motifs is 1. The molecule has 0 N–H and O–H groups in total. The second-order valence-corrected chi connectivity index (χ2v) is 14.5. The Morgan fingerprint density at radius 2 is 1.36 bits per heavy atom. The molecule has 0 aliphatic heterocycles. The van der Waals surface area contributed by atoms with Crippen molar-refractivity contribution in [3.05, 3.63) is 113 Å². The Kier molecular flexibility index (Phi) is 11.7. The minimum atomic E-state index is -0.0996. The van der Waals surface area contributed by atoms with Gasteiger partial charge in [-0.1, -0.05) is 99.5 Å². The first-order valence-electron chi connectivity index (χ1n) is 17.0. The van der Waals surface area contributed by atoms with E-state index in [0.29, 0.717) is 5.92 Å². The minimum Gasteiger partial charge on any atom is -0.376 e. The van der Waals surface area contributed by atoms with E-state index in [-0.39, 0.29) is 11.0 Å². The summed E-state index contributed by atoms with van der Waals surface area (Å²) in [5.74, 6) is 0.536. The molecule has 1 aliphatic carbocycles. The normalized spacial score (nSPS) is 16.1. The van der Waals surface area contributed by atoms with Gasteiger partial charge in [0.2, 0.25) is 0 Å². The fourth-order valence-electron chi connectivity index (χ4n) is 6.08. The van der Waals surface area contributed by atoms with Gasteiger partial charge in [-0.2, -0.15) is 0 Å². The largest absolute Gasteiger partial charge is 0.376 e. The zero-order valence-electron chi connectivity index (χ0n) is 29.4. The third-order valence-electron chi connectivity index (χ3n) is 8.98. The molecule has 0 amide bonds. The van der Waals surface area contributed by atoms with Gasteiger partial charge < -0.3 is 9.64 Å². The van der Waals surface area contributed by atoms with Gasteiger partial charge in [-0.25, -0.2) is 0 Å². The maximum Gasteiger partial charge on any atom is 0.0653 e. The maximum absolute atomic E-state index is 6.19. The lowest BCUT2D eigenvalue weighted by Crippen LogP contribution is -2.30. The van der Waals surface area contributed by atoms with Crippen LogP contribution >= 0.6 is 0 Å². The molecule has 4 rings (SSSR count). The van der Waals surface area contributed by atoms with Gasteiger partial charge in [0.05, 0.1) is 17.9 Å². The standard InChI is InChI=1S/C42H56N2O/c1-10-44(11-2)35-25-23-33(24-26-35)40(32-21-19-31(3)20-22-32)38-27-28-39(37-18-13-12-17-36(37)38)43-29-15-14-16-34(41(4,5)6)30-45-42(7,8)9/h12-13,17-28,34H,10-11,14-16,29-30H2,1-9H3. The topological polar surface area (TPSA) is 24.8 Å². The van der Waals surface area contributed by atoms with Crippen molar-refractivity contribution >= 4 is 22.5 Å². The van der Waals surface area contributed by atoms with E-state index in [2.05, 4.69) is 152 Å². The second kappa shape index (κ2) is 15.2. The van der Waals surface area contributed by atoms with Crippen LogP contribution in [-0.2, 0) is 4.74 Å². The van der Waals surface area contributed by atoms with Gasteiger partial charge >= 0.3 is 0 Å². The summed E-state index contributed by atoms with van der Waals surface area (Å²) in [5.41, 5.74) is 11.2. The van der Waals surface area contributed by atoms with Gasteiger partial charge in [-0.15, -0.1) is 0 Å². The predicted molar refractivity (Wildman–Crippen MR) is 197 cm³/mol. The van der Waals surface area contributed by atoms with Crippen molar-refractivity contribution in [1.82, 2.24) is 0 Å². The van der Waals surface area contributed by atoms with Crippen molar-refractivity contribution in [3.63, 3.8) is 0 Å². The Balaban J connectivity index is 1.60. The summed E-state index contributed by atoms with van der Waals surface area (Å²) in [7, 11) is 0. The summed E-state index contributed by atoms with van der Waals surface area (Å²) in [4.78, 5) is 7.53. The van der Waals surface area contributed by atoms with Crippen molar-refractivity contribution < 1.29 is 4.74 Å². The SMILES string of the molecule is CCN(CC)c1ccc(C(=C2C=CC(=NCCCCC(COC(C)(C)C)C(C)(C)C)c3ccccc32)c2ccc(C)cc2)cc1. The van der Waals surface area contributed by atoms with Crippen LogP contribution in [0.15, 0.2) is 89.9 Å². The van der Waals surface area contributed by atoms with Crippen molar-refractivity contribution in [1.29, 1.82) is 0 Å². The zero-order chi connectivity index (χ0) is 32.6. The van der Waals surface area contributed by atoms with E-state index in [1.165, 1.54) is 44.7 Å². The third-order valence-corrected chi connectivity index (χ3v) is 8.98. The molecule has 0 saturated carbocycles. The molecular formula is C42H56N2O. The Labute approximate surface area is 274 Å². The van der Waals surface area contributed by atoms with E-state index >= 15 is 0 Å². The first-order chi connectivity index (χ1) is 21.4. The third kappa shape index (κ3) is 9.30. The van der Waals surface area contributed by atoms with Crippen LogP contribution in [0.2, 0.25) is 0 Å². The molecule has 240 valence electrons. The lowest BCUT2D eigenvalue weighted by molar-refractivity contribution is -0.0437. The first-order valence-corrected chi connectivity index (χ1v) is 17.0. The van der Waals surface area contributed by atoms with E-state index < -0.39 is 0 Å². The molecule has 3 nitrogen and oxygen atoms in total. The Hall–Kier alpha value is -3.43. The van der Waals surface area contributed by atoms with Crippen LogP contribution in [0.4, 0.5) is 5.69 Å². The molecule has 3 aromatic carbocycles. The fraction of sp³-hybridized carbons (Fsp3) is 0.452. The molecule has 1 atom stereocenters. The van der Waals surface area contributed by atoms with Crippen molar-refractivity contribution in [3.8, 4) is 0 Å². The zero-order valence-corrected chi connectivity index (χ0v) is 29.4. The molecule has 0 radical (unpaired) electrons. The van der Waals surface area contributed by atoms with Gasteiger partial charge in [0.25, 0.3) is 0 Å². The summed E-state index contributed by atoms with van der Waals surface area (Å²) in [5, 5.41) is 0. The summed E-state index contributed by atoms with van der Waals surface area (Å²) in [6.07, 6.45) is 7.91. The lowest BCUT2D eigenvalue weighted by atomic mass is 9.78. The number of unbranched alkanes of at least 4 members (excludes halogenated alkanes) is 1. The first kappa shape index (κ1) is 34.4. The average molecular weight is 605 g/mol. The number of nitrogens with zero attached hydrogens (tertiary/aromatic N) is 2. The molecule has 1 unspecified atom stereocenters. The van der Waals surface area contributed by atoms with E-state index in [1.807, 2.05) is 0 Å². The van der Waals surface area contributed by atoms with E-state index in [9.17, 15) is 0 Å². The van der Waals surface area contributed by atoms with Crippen molar-refractivity contribution in [2.75, 3.05) is 31.1 Å². The number of aryl methyl sites for hydroxylation is 1. The summed E-state index contributed by atoms with van der Waals surface area (Å²) < 4.78 is 6.19. The maximum atomic E-state index is 6.19. The lowest BCUT2D eigenvalue weighted by Gasteiger charge is -2.33. The van der Waals surface area contributed by atoms with Gasteiger partial charge in [0.15, 0.2) is 0 Å². The highest BCUT2D eigenvalue weighted by molar-refractivity contribution is 6.19. The summed E-state index contributed by atoms with van der Waals surface area (Å²) >= 11 is 0. The Bertz CT molecular complexity index is 1470. The van der Waals surface area contributed by atoms with Crippen LogP contribution in [0.5, 0.6) is 0 Å². The van der Waals surface area contributed by atoms with Crippen LogP contribution in [-0.4, -0.2) is 37.6 Å². The van der Waals surface area contributed by atoms with E-state index in [4.69, 9.17) is 9.73 Å². The van der Waals surface area contributed by atoms with E-state index in [1.54, 1.807) is 0 Å². The minimum absolute atomic E-state index is 0.0996. The molecule has 0 heterocycles. The summed E-state index contributed by atoms with van der Waals surface area (Å²) in [6.45, 7) is 23.7. The van der Waals surface area contributed by atoms with Crippen LogP contribution in [0, 0.1) is 18.3 Å². The Morgan fingerprint density at radius 1 is 0.756 bits per heavy atom. The molecule has 45 heavy (non-hydrogen) atoms. The molecule has 3 heteroatoms. The van der Waals surface area contributed by atoms with Crippen LogP contribution in [0.3, 0.4) is 0 Å². The number of allylic oxidation sites excluding steroid dienone is 3. The molecule has 0 bridgehead atoms. The van der Waals surface area contributed by atoms with Crippen molar-refractivity contribution in [2.24, 2.45) is 16.3 Å². The second-order valence-electron chi connectivity index (χ2n) is 14.5. The number of anilines is 1. The highest BCUT2D eigenvalue weighted by Gasteiger charge is 2.26. The van der Waals surface area contributed by atoms with Crippen LogP contribution < -0.4 is 4.90 Å². The number of hydrogen-bond donors (Lipinski definition) is 0. The van der Waals surface area contributed by atoms with Gasteiger partial charge in [-0.05, 0) is 112 Å². The molecular weight excluding hydrogens is 548 g/mol. The quantitative estimate of drug-likeness (QED) is 0.192. The Morgan fingerprint density at radius 3 is 1.93 bits per heavy atom. The highest BCUT2D eigenvalue weighted by Crippen LogP contribution is 2.38. The number of rotatable bonds is 12. The molecule has 1 aliphatic rings. The van der Waals surface area contributed by atoms with Crippen LogP contribution in [0.1, 0.15) is 102 Å². The fourth-order valence-corrected chi connectivity index (χ4v) is 6.08. The molecule has 3 aromatic rings. The predicted octanol–water partition coefficient (Wildman–Crippen LogP) is 10.8. The number of ether oxygens (including phenoxy) is 1. The average Bonchev–Trinajstić information content (AvgIpc) is 3.00. The van der Waals surface area contributed by atoms with E-state index in [0.717, 1.165) is 51.2 Å². The van der Waals surface area contributed by atoms with Gasteiger partial charge in [0.1, 0.15) is 0 Å². The molecule has 0 fully saturated rings. The number of hydrogen-bond acceptors (Lipinski definition) is 3. The number of aliphatic imine (C=N–C) groups is 1. The molecule has 0 spiro atoms. The molecule has 0 aromatic heterocycles. The smallest absolute Gasteiger partial charge is 0.0653 e. The monoisotopic (exact) mass is 604 g/mol. The highest BCUT2D eigenvalue weighted by atomic mass is 16.5. The molecule has 0 saturated heterocycles. The van der Waals surface area contributed by atoms with Gasteiger partial charge in [-0.3, -0.25) is 4.99 Å². The number of benzene rings is 3. The van der Waals surface area contributed by atoms with Crippen LogP contribution in [0.25, 0.3) is 11.1 Å².